The Kier molecular flexibility index (Phi) is 4.14. The van der Waals surface area contributed by atoms with Gasteiger partial charge < -0.3 is 15.5 Å². The Morgan fingerprint density at radius 3 is 2.77 bits per heavy atom. The fraction of sp³-hybridized carbons (Fsp3) is 0.591. The van der Waals surface area contributed by atoms with Gasteiger partial charge in [0.2, 0.25) is 5.91 Å². The van der Waals surface area contributed by atoms with Gasteiger partial charge >= 0.3 is 0 Å². The summed E-state index contributed by atoms with van der Waals surface area (Å²) >= 11 is 0. The van der Waals surface area contributed by atoms with Crippen LogP contribution in [0.5, 0.6) is 0 Å². The third-order valence-electron chi connectivity index (χ3n) is 6.86. The second-order valence-electron chi connectivity index (χ2n) is 9.86. The number of hydrogen-bond acceptors (Lipinski definition) is 5. The molecule has 2 aromatic heterocycles. The van der Waals surface area contributed by atoms with Crippen molar-refractivity contribution in [3.05, 3.63) is 29.7 Å². The van der Waals surface area contributed by atoms with E-state index in [2.05, 4.69) is 34.6 Å². The summed E-state index contributed by atoms with van der Waals surface area (Å²) in [5.74, 6) is 0.982. The number of alkyl halides is 1. The SMILES string of the molecule is Cc1nc(NCc2cnn(CC34CC(F)(C3)C4)c2)cc2c1NC(=O)[C@H](C(C)C)N2C. The zero-order valence-corrected chi connectivity index (χ0v) is 18.0. The standard InChI is InChI=1S/C22H29FN6O/c1-13(2)19-20(30)27-18-14(3)26-17(5-16(18)28(19)4)24-6-15-7-25-29(8-15)12-21-9-22(23,10-21)11-21/h5,7-8,13,19H,6,9-12H2,1-4H3,(H,24,26)(H,27,30)/t19-,21?,22?/m0/s1. The Hall–Kier alpha value is -2.64. The number of aromatic nitrogens is 3. The normalized spacial score (nSPS) is 29.2. The zero-order chi connectivity index (χ0) is 21.3. The Morgan fingerprint density at radius 2 is 2.10 bits per heavy atom. The molecule has 0 radical (unpaired) electrons. The van der Waals surface area contributed by atoms with Gasteiger partial charge in [-0.2, -0.15) is 5.10 Å². The smallest absolute Gasteiger partial charge is 0.247 e. The Morgan fingerprint density at radius 1 is 1.37 bits per heavy atom. The molecular weight excluding hydrogens is 383 g/mol. The number of likely N-dealkylation sites (N-methyl/N-ethyl adjacent to an activating group) is 1. The lowest BCUT2D eigenvalue weighted by atomic mass is 9.42. The molecule has 2 N–H and O–H groups in total. The molecule has 2 aromatic rings. The number of carbonyl (C=O) groups excluding carboxylic acids is 1. The van der Waals surface area contributed by atoms with Crippen molar-refractivity contribution in [3.63, 3.8) is 0 Å². The monoisotopic (exact) mass is 412 g/mol. The van der Waals surface area contributed by atoms with Crippen molar-refractivity contribution in [2.45, 2.75) is 64.8 Å². The molecule has 7 nitrogen and oxygen atoms in total. The van der Waals surface area contributed by atoms with Crippen molar-refractivity contribution in [1.29, 1.82) is 0 Å². The minimum atomic E-state index is -0.866. The first kappa shape index (κ1) is 19.3. The van der Waals surface area contributed by atoms with Crippen molar-refractivity contribution in [1.82, 2.24) is 14.8 Å². The van der Waals surface area contributed by atoms with Crippen LogP contribution >= 0.6 is 0 Å². The molecule has 0 aromatic carbocycles. The number of pyridine rings is 1. The molecule has 3 saturated carbocycles. The van der Waals surface area contributed by atoms with E-state index in [1.165, 1.54) is 0 Å². The van der Waals surface area contributed by atoms with Gasteiger partial charge in [-0.05, 0) is 37.5 Å². The van der Waals surface area contributed by atoms with Crippen LogP contribution in [0.3, 0.4) is 0 Å². The molecule has 30 heavy (non-hydrogen) atoms. The molecule has 8 heteroatoms. The average molecular weight is 413 g/mol. The van der Waals surface area contributed by atoms with E-state index in [1.807, 2.05) is 42.0 Å². The van der Waals surface area contributed by atoms with Gasteiger partial charge in [0, 0.05) is 38.0 Å². The fourth-order valence-electron chi connectivity index (χ4n) is 5.60. The number of nitrogens with one attached hydrogen (secondary N) is 2. The summed E-state index contributed by atoms with van der Waals surface area (Å²) < 4.78 is 15.7. The molecule has 2 bridgehead atoms. The summed E-state index contributed by atoms with van der Waals surface area (Å²) in [6.07, 6.45) is 5.95. The summed E-state index contributed by atoms with van der Waals surface area (Å²) in [6.45, 7) is 7.42. The first-order valence-electron chi connectivity index (χ1n) is 10.7. The van der Waals surface area contributed by atoms with Crippen LogP contribution in [0.15, 0.2) is 18.5 Å². The van der Waals surface area contributed by atoms with E-state index in [9.17, 15) is 9.18 Å². The molecule has 3 aliphatic carbocycles. The molecular formula is C22H29FN6O. The second-order valence-corrected chi connectivity index (χ2v) is 9.86. The first-order valence-corrected chi connectivity index (χ1v) is 10.7. The minimum Gasteiger partial charge on any atom is -0.366 e. The third kappa shape index (κ3) is 3.04. The Labute approximate surface area is 176 Å². The zero-order valence-electron chi connectivity index (χ0n) is 18.0. The maximum Gasteiger partial charge on any atom is 0.247 e. The van der Waals surface area contributed by atoms with Gasteiger partial charge in [0.25, 0.3) is 0 Å². The number of amides is 1. The van der Waals surface area contributed by atoms with Gasteiger partial charge in [-0.1, -0.05) is 13.8 Å². The maximum absolute atomic E-state index is 13.7. The average Bonchev–Trinajstić information content (AvgIpc) is 3.06. The summed E-state index contributed by atoms with van der Waals surface area (Å²) in [4.78, 5) is 19.1. The molecule has 4 aliphatic rings. The molecule has 3 heterocycles. The van der Waals surface area contributed by atoms with Crippen molar-refractivity contribution in [2.75, 3.05) is 22.6 Å². The van der Waals surface area contributed by atoms with Crippen LogP contribution in [-0.4, -0.2) is 39.4 Å². The lowest BCUT2D eigenvalue weighted by molar-refractivity contribution is -0.221. The molecule has 0 spiro atoms. The highest BCUT2D eigenvalue weighted by Crippen LogP contribution is 2.70. The number of hydrogen-bond donors (Lipinski definition) is 2. The number of aryl methyl sites for hydroxylation is 1. The van der Waals surface area contributed by atoms with E-state index in [0.717, 1.165) is 35.0 Å². The van der Waals surface area contributed by atoms with Gasteiger partial charge in [-0.15, -0.1) is 0 Å². The van der Waals surface area contributed by atoms with E-state index in [-0.39, 0.29) is 23.3 Å². The predicted octanol–water partition coefficient (Wildman–Crippen LogP) is 3.50. The van der Waals surface area contributed by atoms with Crippen LogP contribution in [0, 0.1) is 18.3 Å². The summed E-state index contributed by atoms with van der Waals surface area (Å²) in [6, 6.07) is 1.79. The number of carbonyl (C=O) groups is 1. The summed E-state index contributed by atoms with van der Waals surface area (Å²) in [7, 11) is 1.96. The molecule has 160 valence electrons. The molecule has 6 rings (SSSR count). The van der Waals surface area contributed by atoms with Gasteiger partial charge in [0.1, 0.15) is 17.5 Å². The van der Waals surface area contributed by atoms with E-state index in [0.29, 0.717) is 25.8 Å². The van der Waals surface area contributed by atoms with Gasteiger partial charge in [-0.3, -0.25) is 9.48 Å². The van der Waals surface area contributed by atoms with Crippen molar-refractivity contribution < 1.29 is 9.18 Å². The van der Waals surface area contributed by atoms with E-state index in [1.54, 1.807) is 0 Å². The molecule has 0 unspecified atom stereocenters. The highest BCUT2D eigenvalue weighted by atomic mass is 19.1. The minimum absolute atomic E-state index is 0.0143. The largest absolute Gasteiger partial charge is 0.366 e. The van der Waals surface area contributed by atoms with Crippen LogP contribution in [0.4, 0.5) is 21.6 Å². The summed E-state index contributed by atoms with van der Waals surface area (Å²) in [5.41, 5.74) is 2.89. The number of anilines is 3. The number of nitrogens with zero attached hydrogens (tertiary/aromatic N) is 4. The van der Waals surface area contributed by atoms with E-state index < -0.39 is 5.67 Å². The molecule has 1 atom stereocenters. The van der Waals surface area contributed by atoms with E-state index in [4.69, 9.17) is 0 Å². The van der Waals surface area contributed by atoms with Crippen LogP contribution in [0.1, 0.15) is 44.4 Å². The lowest BCUT2D eigenvalue weighted by Gasteiger charge is -2.65. The first-order chi connectivity index (χ1) is 14.2. The molecule has 0 saturated heterocycles. The van der Waals surface area contributed by atoms with Crippen LogP contribution in [-0.2, 0) is 17.9 Å². The van der Waals surface area contributed by atoms with Gasteiger partial charge in [0.15, 0.2) is 0 Å². The quantitative estimate of drug-likeness (QED) is 0.760. The number of fused-ring (bicyclic) bond motifs is 1. The second kappa shape index (κ2) is 6.43. The van der Waals surface area contributed by atoms with Crippen molar-refractivity contribution in [3.8, 4) is 0 Å². The van der Waals surface area contributed by atoms with Gasteiger partial charge in [0.05, 0.1) is 23.3 Å². The fourth-order valence-corrected chi connectivity index (χ4v) is 5.60. The van der Waals surface area contributed by atoms with Crippen LogP contribution in [0.25, 0.3) is 0 Å². The predicted molar refractivity (Wildman–Crippen MR) is 114 cm³/mol. The third-order valence-corrected chi connectivity index (χ3v) is 6.86. The maximum atomic E-state index is 13.7. The summed E-state index contributed by atoms with van der Waals surface area (Å²) in [5, 5.41) is 10.9. The lowest BCUT2D eigenvalue weighted by Crippen LogP contribution is -2.65. The number of rotatable bonds is 6. The van der Waals surface area contributed by atoms with Crippen molar-refractivity contribution >= 4 is 23.1 Å². The Bertz CT molecular complexity index is 995. The van der Waals surface area contributed by atoms with Gasteiger partial charge in [-0.25, -0.2) is 9.37 Å². The molecule has 1 aliphatic heterocycles. The molecule has 1 amide bonds. The van der Waals surface area contributed by atoms with E-state index >= 15 is 0 Å². The highest BCUT2D eigenvalue weighted by Gasteiger charge is 2.69. The topological polar surface area (TPSA) is 75.1 Å². The Balaban J connectivity index is 1.27. The van der Waals surface area contributed by atoms with Crippen molar-refractivity contribution in [2.24, 2.45) is 11.3 Å². The molecule has 3 fully saturated rings. The number of halogens is 1. The highest BCUT2D eigenvalue weighted by molar-refractivity contribution is 6.04. The van der Waals surface area contributed by atoms with Crippen LogP contribution in [0.2, 0.25) is 0 Å². The van der Waals surface area contributed by atoms with Crippen LogP contribution < -0.4 is 15.5 Å².